The summed E-state index contributed by atoms with van der Waals surface area (Å²) < 4.78 is 26.0. The van der Waals surface area contributed by atoms with E-state index in [0.717, 1.165) is 5.56 Å². The Bertz CT molecular complexity index is 1120. The molecule has 0 aliphatic carbocycles. The molecule has 0 unspecified atom stereocenters. The highest BCUT2D eigenvalue weighted by Crippen LogP contribution is 2.37. The molecule has 3 aromatic carbocycles. The van der Waals surface area contributed by atoms with E-state index in [4.69, 9.17) is 9.47 Å². The number of amides is 2. The maximum Gasteiger partial charge on any atom is 0.339 e. The molecule has 0 atom stereocenters. The molecule has 0 aliphatic heterocycles. The van der Waals surface area contributed by atoms with Crippen LogP contribution in [0.5, 0.6) is 11.5 Å². The molecule has 6 nitrogen and oxygen atoms in total. The number of ether oxygens (including phenoxy) is 2. The monoisotopic (exact) mass is 499 g/mol. The maximum atomic E-state index is 13.9. The van der Waals surface area contributed by atoms with Gasteiger partial charge in [0.05, 0.1) is 17.3 Å². The highest BCUT2D eigenvalue weighted by Gasteiger charge is 2.13. The predicted molar refractivity (Wildman–Crippen MR) is 127 cm³/mol. The van der Waals surface area contributed by atoms with Crippen LogP contribution in [0.25, 0.3) is 0 Å². The second-order valence-corrected chi connectivity index (χ2v) is 7.64. The van der Waals surface area contributed by atoms with E-state index in [1.54, 1.807) is 30.3 Å². The minimum Gasteiger partial charge on any atom is -0.490 e. The molecule has 2 amide bonds. The van der Waals surface area contributed by atoms with Gasteiger partial charge in [0.15, 0.2) is 11.5 Å². The van der Waals surface area contributed by atoms with Gasteiger partial charge in [0.2, 0.25) is 0 Å². The maximum absolute atomic E-state index is 13.9. The number of para-hydroxylation sites is 1. The molecule has 0 aromatic heterocycles. The number of rotatable bonds is 8. The molecule has 0 heterocycles. The normalized spacial score (nSPS) is 10.8. The van der Waals surface area contributed by atoms with E-state index in [-0.39, 0.29) is 12.4 Å². The molecule has 3 rings (SSSR count). The third-order valence-electron chi connectivity index (χ3n) is 4.43. The molecule has 0 spiro atoms. The van der Waals surface area contributed by atoms with Gasteiger partial charge in [-0.1, -0.05) is 36.4 Å². The fourth-order valence-corrected chi connectivity index (χ4v) is 3.43. The number of hydrogen-bond donors (Lipinski definition) is 2. The van der Waals surface area contributed by atoms with Crippen molar-refractivity contribution in [3.8, 4) is 11.5 Å². The van der Waals surface area contributed by atoms with Crippen LogP contribution in [0, 0.1) is 12.7 Å². The summed E-state index contributed by atoms with van der Waals surface area (Å²) in [6.07, 6.45) is 1.49. The summed E-state index contributed by atoms with van der Waals surface area (Å²) in [6.45, 7) is 4.23. The van der Waals surface area contributed by atoms with Gasteiger partial charge in [-0.3, -0.25) is 0 Å². The first-order chi connectivity index (χ1) is 15.5. The number of aryl methyl sites for hydroxylation is 1. The van der Waals surface area contributed by atoms with E-state index < -0.39 is 6.03 Å². The number of carbonyl (C=O) groups is 1. The van der Waals surface area contributed by atoms with E-state index in [1.165, 1.54) is 12.3 Å². The number of anilines is 1. The minimum atomic E-state index is -0.454. The van der Waals surface area contributed by atoms with E-state index >= 15 is 0 Å². The number of nitrogens with zero attached hydrogens (tertiary/aromatic N) is 1. The third-order valence-corrected chi connectivity index (χ3v) is 5.02. The zero-order valence-electron chi connectivity index (χ0n) is 17.7. The number of halogens is 2. The Kier molecular flexibility index (Phi) is 8.21. The van der Waals surface area contributed by atoms with Crippen LogP contribution < -0.4 is 20.2 Å². The lowest BCUT2D eigenvalue weighted by Gasteiger charge is -2.15. The molecule has 8 heteroatoms. The molecule has 166 valence electrons. The summed E-state index contributed by atoms with van der Waals surface area (Å²) in [4.78, 5) is 12.1. The molecule has 0 aliphatic rings. The first kappa shape index (κ1) is 23.3. The fraction of sp³-hybridized carbons (Fsp3) is 0.167. The fourth-order valence-electron chi connectivity index (χ4n) is 2.86. The van der Waals surface area contributed by atoms with Gasteiger partial charge in [-0.25, -0.2) is 14.6 Å². The van der Waals surface area contributed by atoms with E-state index in [0.29, 0.717) is 39.4 Å². The van der Waals surface area contributed by atoms with E-state index in [2.05, 4.69) is 31.8 Å². The smallest absolute Gasteiger partial charge is 0.339 e. The van der Waals surface area contributed by atoms with Gasteiger partial charge in [-0.05, 0) is 65.2 Å². The van der Waals surface area contributed by atoms with E-state index in [9.17, 15) is 9.18 Å². The number of urea groups is 1. The van der Waals surface area contributed by atoms with Gasteiger partial charge >= 0.3 is 6.03 Å². The molecule has 0 fully saturated rings. The molecular weight excluding hydrogens is 477 g/mol. The van der Waals surface area contributed by atoms with Crippen molar-refractivity contribution < 1.29 is 18.7 Å². The second kappa shape index (κ2) is 11.3. The van der Waals surface area contributed by atoms with Crippen molar-refractivity contribution in [3.05, 3.63) is 87.6 Å². The highest BCUT2D eigenvalue weighted by atomic mass is 79.9. The Labute approximate surface area is 194 Å². The standard InChI is InChI=1S/C24H23BrFN3O3/c1-3-31-22-13-17(14-27-29-24(30)28-21-11-7-4-8-16(21)2)12-19(25)23(22)32-15-18-9-5-6-10-20(18)26/h4-14H,3,15H2,1-2H3,(H2,28,29,30). The number of carbonyl (C=O) groups excluding carboxylic acids is 1. The largest absolute Gasteiger partial charge is 0.490 e. The first-order valence-corrected chi connectivity index (χ1v) is 10.8. The Hall–Kier alpha value is -3.39. The van der Waals surface area contributed by atoms with E-state index in [1.807, 2.05) is 38.1 Å². The summed E-state index contributed by atoms with van der Waals surface area (Å²) in [5, 5.41) is 6.73. The van der Waals surface area contributed by atoms with Crippen LogP contribution in [0.15, 0.2) is 70.2 Å². The van der Waals surface area contributed by atoms with Crippen molar-refractivity contribution in [2.45, 2.75) is 20.5 Å². The van der Waals surface area contributed by atoms with Crippen LogP contribution in [0.1, 0.15) is 23.6 Å². The minimum absolute atomic E-state index is 0.0550. The summed E-state index contributed by atoms with van der Waals surface area (Å²) in [7, 11) is 0. The summed E-state index contributed by atoms with van der Waals surface area (Å²) >= 11 is 3.47. The summed E-state index contributed by atoms with van der Waals surface area (Å²) in [5.74, 6) is 0.599. The highest BCUT2D eigenvalue weighted by molar-refractivity contribution is 9.10. The molecule has 0 saturated heterocycles. The zero-order valence-corrected chi connectivity index (χ0v) is 19.3. The Morgan fingerprint density at radius 3 is 2.62 bits per heavy atom. The average molecular weight is 500 g/mol. The van der Waals surface area contributed by atoms with Crippen molar-refractivity contribution >= 4 is 33.9 Å². The Morgan fingerprint density at radius 1 is 1.12 bits per heavy atom. The van der Waals surface area contributed by atoms with Gasteiger partial charge in [0, 0.05) is 11.3 Å². The number of hydrogen-bond acceptors (Lipinski definition) is 4. The number of benzene rings is 3. The summed E-state index contributed by atoms with van der Waals surface area (Å²) in [5.41, 5.74) is 5.21. The molecule has 32 heavy (non-hydrogen) atoms. The molecular formula is C24H23BrFN3O3. The summed E-state index contributed by atoms with van der Waals surface area (Å²) in [6, 6.07) is 16.9. The molecule has 3 aromatic rings. The molecule has 0 bridgehead atoms. The van der Waals surface area contributed by atoms with Crippen LogP contribution in [0.2, 0.25) is 0 Å². The van der Waals surface area contributed by atoms with Crippen molar-refractivity contribution in [3.63, 3.8) is 0 Å². The van der Waals surface area contributed by atoms with Crippen LogP contribution in [-0.4, -0.2) is 18.9 Å². The quantitative estimate of drug-likeness (QED) is 0.293. The lowest BCUT2D eigenvalue weighted by Crippen LogP contribution is -2.24. The first-order valence-electron chi connectivity index (χ1n) is 9.96. The lowest BCUT2D eigenvalue weighted by atomic mass is 10.2. The van der Waals surface area contributed by atoms with Crippen LogP contribution >= 0.6 is 15.9 Å². The van der Waals surface area contributed by atoms with Crippen LogP contribution in [-0.2, 0) is 6.61 Å². The topological polar surface area (TPSA) is 72.0 Å². The van der Waals surface area contributed by atoms with Gasteiger partial charge in [-0.15, -0.1) is 0 Å². The van der Waals surface area contributed by atoms with Gasteiger partial charge in [0.1, 0.15) is 12.4 Å². The predicted octanol–water partition coefficient (Wildman–Crippen LogP) is 6.03. The SMILES string of the molecule is CCOc1cc(C=NNC(=O)Nc2ccccc2C)cc(Br)c1OCc1ccccc1F. The average Bonchev–Trinajstić information content (AvgIpc) is 2.76. The van der Waals surface area contributed by atoms with Crippen molar-refractivity contribution in [2.24, 2.45) is 5.10 Å². The molecule has 2 N–H and O–H groups in total. The number of hydrazone groups is 1. The van der Waals surface area contributed by atoms with Gasteiger partial charge in [-0.2, -0.15) is 5.10 Å². The van der Waals surface area contributed by atoms with Crippen LogP contribution in [0.3, 0.4) is 0 Å². The zero-order chi connectivity index (χ0) is 22.9. The Morgan fingerprint density at radius 2 is 1.88 bits per heavy atom. The molecule has 0 radical (unpaired) electrons. The second-order valence-electron chi connectivity index (χ2n) is 6.78. The lowest BCUT2D eigenvalue weighted by molar-refractivity contribution is 0.252. The third kappa shape index (κ3) is 6.31. The number of nitrogens with one attached hydrogen (secondary N) is 2. The van der Waals surface area contributed by atoms with Gasteiger partial charge < -0.3 is 14.8 Å². The van der Waals surface area contributed by atoms with Crippen molar-refractivity contribution in [1.82, 2.24) is 5.43 Å². The van der Waals surface area contributed by atoms with Gasteiger partial charge in [0.25, 0.3) is 0 Å². The van der Waals surface area contributed by atoms with Crippen molar-refractivity contribution in [1.29, 1.82) is 0 Å². The Balaban J connectivity index is 1.68. The van der Waals surface area contributed by atoms with Crippen LogP contribution in [0.4, 0.5) is 14.9 Å². The van der Waals surface area contributed by atoms with Crippen molar-refractivity contribution in [2.75, 3.05) is 11.9 Å². The molecule has 0 saturated carbocycles.